The number of para-hydroxylation sites is 1. The molecule has 4 saturated carbocycles. The first-order valence-corrected chi connectivity index (χ1v) is 17.2. The number of fused-ring (bicyclic) bond motifs is 7. The number of nitrogens with one attached hydrogen (secondary N) is 1. The molecule has 44 heavy (non-hydrogen) atoms. The number of carbonyl (C=O) groups excluding carboxylic acids is 3. The van der Waals surface area contributed by atoms with Crippen molar-refractivity contribution in [1.82, 2.24) is 0 Å². The van der Waals surface area contributed by atoms with E-state index < -0.39 is 5.41 Å². The molecule has 5 heteroatoms. The highest BCUT2D eigenvalue weighted by molar-refractivity contribution is 5.97. The van der Waals surface area contributed by atoms with Crippen LogP contribution in [0, 0.1) is 57.2 Å². The molecule has 6 rings (SSSR count). The van der Waals surface area contributed by atoms with Crippen molar-refractivity contribution in [3.05, 3.63) is 41.5 Å². The van der Waals surface area contributed by atoms with Gasteiger partial charge in [0, 0.05) is 29.4 Å². The predicted molar refractivity (Wildman–Crippen MR) is 175 cm³/mol. The molecule has 240 valence electrons. The van der Waals surface area contributed by atoms with Crippen LogP contribution in [0.15, 0.2) is 35.9 Å². The molecule has 5 nitrogen and oxygen atoms in total. The molecule has 0 heterocycles. The summed E-state index contributed by atoms with van der Waals surface area (Å²) < 4.78 is 5.88. The number of carbonyl (C=O) groups is 3. The number of amides is 1. The zero-order valence-corrected chi connectivity index (χ0v) is 28.7. The Bertz CT molecular complexity index is 1430. The number of rotatable bonds is 3. The summed E-state index contributed by atoms with van der Waals surface area (Å²) >= 11 is 0. The molecule has 4 fully saturated rings. The van der Waals surface area contributed by atoms with Crippen LogP contribution < -0.4 is 5.32 Å². The van der Waals surface area contributed by atoms with E-state index in [1.54, 1.807) is 0 Å². The lowest BCUT2D eigenvalue weighted by molar-refractivity contribution is -0.210. The van der Waals surface area contributed by atoms with E-state index in [0.29, 0.717) is 11.7 Å². The van der Waals surface area contributed by atoms with Gasteiger partial charge in [-0.25, -0.2) is 0 Å². The smallest absolute Gasteiger partial charge is 0.302 e. The van der Waals surface area contributed by atoms with Crippen LogP contribution in [0.5, 0.6) is 0 Å². The summed E-state index contributed by atoms with van der Waals surface area (Å²) in [5, 5.41) is 3.27. The van der Waals surface area contributed by atoms with Crippen molar-refractivity contribution in [2.75, 3.05) is 5.32 Å². The highest BCUT2D eigenvalue weighted by Gasteiger charge is 2.70. The van der Waals surface area contributed by atoms with Gasteiger partial charge in [0.1, 0.15) is 6.10 Å². The SMILES string of the molecule is CC(=O)OC1CCC2(C)C(CCC3(C)C2C(=O)C=C2C4CC(C)(C(=O)Nc5ccccc5C)CCC4(C)CCC23C)C1(C)C. The quantitative estimate of drug-likeness (QED) is 0.351. The topological polar surface area (TPSA) is 72.5 Å². The van der Waals surface area contributed by atoms with Gasteiger partial charge in [0.2, 0.25) is 5.91 Å². The van der Waals surface area contributed by atoms with Gasteiger partial charge >= 0.3 is 5.97 Å². The number of hydrogen-bond acceptors (Lipinski definition) is 4. The fourth-order valence-corrected chi connectivity index (χ4v) is 11.8. The Morgan fingerprint density at radius 3 is 2.25 bits per heavy atom. The minimum Gasteiger partial charge on any atom is -0.462 e. The van der Waals surface area contributed by atoms with Crippen molar-refractivity contribution < 1.29 is 19.1 Å². The number of hydrogen-bond donors (Lipinski definition) is 1. The number of anilines is 1. The maximum atomic E-state index is 14.7. The third-order valence-corrected chi connectivity index (χ3v) is 14.8. The Morgan fingerprint density at radius 1 is 0.886 bits per heavy atom. The van der Waals surface area contributed by atoms with Crippen LogP contribution in [-0.4, -0.2) is 23.8 Å². The molecule has 1 amide bonds. The van der Waals surface area contributed by atoms with E-state index in [2.05, 4.69) is 59.9 Å². The van der Waals surface area contributed by atoms with Gasteiger partial charge in [-0.3, -0.25) is 14.4 Å². The molecule has 9 atom stereocenters. The first kappa shape index (κ1) is 31.5. The Balaban J connectivity index is 1.35. The summed E-state index contributed by atoms with van der Waals surface area (Å²) in [7, 11) is 0. The summed E-state index contributed by atoms with van der Waals surface area (Å²) in [5.41, 5.74) is 2.32. The molecule has 0 spiro atoms. The number of esters is 1. The van der Waals surface area contributed by atoms with Crippen molar-refractivity contribution in [3.8, 4) is 0 Å². The number of ether oxygens (including phenoxy) is 1. The van der Waals surface area contributed by atoms with Gasteiger partial charge in [-0.15, -0.1) is 0 Å². The van der Waals surface area contributed by atoms with Crippen LogP contribution in [0.4, 0.5) is 5.69 Å². The van der Waals surface area contributed by atoms with Crippen LogP contribution in [-0.2, 0) is 19.1 Å². The molecule has 1 N–H and O–H groups in total. The molecule has 0 radical (unpaired) electrons. The second-order valence-electron chi connectivity index (χ2n) is 17.5. The fraction of sp³-hybridized carbons (Fsp3) is 0.718. The second kappa shape index (κ2) is 10.0. The van der Waals surface area contributed by atoms with Crippen molar-refractivity contribution in [1.29, 1.82) is 0 Å². The third kappa shape index (κ3) is 4.33. The lowest BCUT2D eigenvalue weighted by atomic mass is 9.33. The fourth-order valence-electron chi connectivity index (χ4n) is 11.8. The average molecular weight is 602 g/mol. The highest BCUT2D eigenvalue weighted by Crippen LogP contribution is 2.75. The van der Waals surface area contributed by atoms with Crippen LogP contribution in [0.2, 0.25) is 0 Å². The maximum absolute atomic E-state index is 14.7. The molecule has 0 saturated heterocycles. The summed E-state index contributed by atoms with van der Waals surface area (Å²) in [4.78, 5) is 40.6. The molecule has 9 unspecified atom stereocenters. The first-order chi connectivity index (χ1) is 20.4. The molecule has 0 aliphatic heterocycles. The average Bonchev–Trinajstić information content (AvgIpc) is 2.93. The van der Waals surface area contributed by atoms with Gasteiger partial charge in [0.05, 0.1) is 0 Å². The van der Waals surface area contributed by atoms with E-state index in [0.717, 1.165) is 69.0 Å². The number of allylic oxidation sites excluding steroid dienone is 2. The minimum atomic E-state index is -0.491. The minimum absolute atomic E-state index is 0.0521. The van der Waals surface area contributed by atoms with Gasteiger partial charge < -0.3 is 10.1 Å². The molecule has 0 bridgehead atoms. The largest absolute Gasteiger partial charge is 0.462 e. The van der Waals surface area contributed by atoms with E-state index in [4.69, 9.17) is 4.74 Å². The van der Waals surface area contributed by atoms with Gasteiger partial charge in [-0.2, -0.15) is 0 Å². The molecular weight excluding hydrogens is 546 g/mol. The van der Waals surface area contributed by atoms with Gasteiger partial charge in [-0.1, -0.05) is 72.2 Å². The Kier molecular flexibility index (Phi) is 7.19. The molecule has 5 aliphatic rings. The van der Waals surface area contributed by atoms with Gasteiger partial charge in [0.15, 0.2) is 5.78 Å². The van der Waals surface area contributed by atoms with Crippen LogP contribution in [0.25, 0.3) is 0 Å². The number of ketones is 1. The Morgan fingerprint density at radius 2 is 1.57 bits per heavy atom. The molecule has 1 aromatic carbocycles. The van der Waals surface area contributed by atoms with Crippen molar-refractivity contribution >= 4 is 23.3 Å². The lowest BCUT2D eigenvalue weighted by Crippen LogP contribution is -2.66. The summed E-state index contributed by atoms with van der Waals surface area (Å²) in [6.45, 7) is 19.9. The third-order valence-electron chi connectivity index (χ3n) is 14.8. The van der Waals surface area contributed by atoms with E-state index in [9.17, 15) is 14.4 Å². The standard InChI is InChI=1S/C39H55NO4/c1-24-12-10-11-13-28(24)40-33(43)36(6)19-18-35(5)20-21-38(8)26(27(35)23-36)22-29(42)32-37(7)16-15-31(44-25(2)41)34(3,4)30(37)14-17-39(32,38)9/h10-13,22,27,30-32H,14-21,23H2,1-9H3,(H,40,43). The first-order valence-electron chi connectivity index (χ1n) is 17.2. The normalized spacial score (nSPS) is 44.2. The Hall–Kier alpha value is -2.43. The summed E-state index contributed by atoms with van der Waals surface area (Å²) in [5.74, 6) is 0.668. The van der Waals surface area contributed by atoms with Crippen LogP contribution >= 0.6 is 0 Å². The van der Waals surface area contributed by atoms with Gasteiger partial charge in [0.25, 0.3) is 0 Å². The molecule has 5 aliphatic carbocycles. The molecular formula is C39H55NO4. The summed E-state index contributed by atoms with van der Waals surface area (Å²) in [6, 6.07) is 8.01. The van der Waals surface area contributed by atoms with Crippen LogP contribution in [0.1, 0.15) is 119 Å². The zero-order chi connectivity index (χ0) is 32.1. The van der Waals surface area contributed by atoms with Crippen LogP contribution in [0.3, 0.4) is 0 Å². The predicted octanol–water partition coefficient (Wildman–Crippen LogP) is 8.85. The lowest BCUT2D eigenvalue weighted by Gasteiger charge is -2.70. The van der Waals surface area contributed by atoms with E-state index in [-0.39, 0.29) is 56.9 Å². The maximum Gasteiger partial charge on any atom is 0.302 e. The van der Waals surface area contributed by atoms with Crippen molar-refractivity contribution in [2.24, 2.45) is 50.2 Å². The second-order valence-corrected chi connectivity index (χ2v) is 17.5. The summed E-state index contributed by atoms with van der Waals surface area (Å²) in [6.07, 6.45) is 10.6. The highest BCUT2D eigenvalue weighted by atomic mass is 16.5. The van der Waals surface area contributed by atoms with E-state index in [1.165, 1.54) is 12.5 Å². The zero-order valence-electron chi connectivity index (χ0n) is 28.7. The van der Waals surface area contributed by atoms with E-state index >= 15 is 0 Å². The number of aryl methyl sites for hydroxylation is 1. The van der Waals surface area contributed by atoms with E-state index in [1.807, 2.05) is 31.2 Å². The monoisotopic (exact) mass is 601 g/mol. The van der Waals surface area contributed by atoms with Crippen molar-refractivity contribution in [3.63, 3.8) is 0 Å². The Labute approximate surface area is 265 Å². The van der Waals surface area contributed by atoms with Crippen molar-refractivity contribution in [2.45, 2.75) is 126 Å². The number of benzene rings is 1. The van der Waals surface area contributed by atoms with Gasteiger partial charge in [-0.05, 0) is 116 Å². The molecule has 0 aromatic heterocycles. The molecule has 1 aromatic rings.